The van der Waals surface area contributed by atoms with Crippen LogP contribution in [0.25, 0.3) is 0 Å². The first-order valence-electron chi connectivity index (χ1n) is 12.3. The maximum absolute atomic E-state index is 2.56. The van der Waals surface area contributed by atoms with Gasteiger partial charge in [0, 0.05) is 0 Å². The van der Waals surface area contributed by atoms with Gasteiger partial charge in [-0.15, -0.1) is 0 Å². The first kappa shape index (κ1) is 22.1. The van der Waals surface area contributed by atoms with E-state index in [4.69, 9.17) is 0 Å². The molecule has 4 aromatic rings. The first-order chi connectivity index (χ1) is 16.1. The highest BCUT2D eigenvalue weighted by Gasteiger charge is 2.51. The molecule has 1 aliphatic rings. The van der Waals surface area contributed by atoms with E-state index in [1.54, 1.807) is 11.1 Å². The molecule has 0 spiro atoms. The molecule has 3 unspecified atom stereocenters. The van der Waals surface area contributed by atoms with Crippen molar-refractivity contribution < 1.29 is 0 Å². The predicted octanol–water partition coefficient (Wildman–Crippen LogP) is 7.74. The molecule has 0 heterocycles. The zero-order chi connectivity index (χ0) is 22.8. The number of hydrogen-bond acceptors (Lipinski definition) is 0. The lowest BCUT2D eigenvalue weighted by atomic mass is 9.77. The summed E-state index contributed by atoms with van der Waals surface area (Å²) in [6, 6.07) is 41.2. The molecule has 0 saturated carbocycles. The van der Waals surface area contributed by atoms with E-state index in [2.05, 4.69) is 130 Å². The summed E-state index contributed by atoms with van der Waals surface area (Å²) in [4.78, 5) is 0. The van der Waals surface area contributed by atoms with Crippen LogP contribution in [0.3, 0.4) is 0 Å². The van der Waals surface area contributed by atoms with Crippen LogP contribution in [0.1, 0.15) is 67.8 Å². The van der Waals surface area contributed by atoms with Gasteiger partial charge in [-0.2, -0.15) is 0 Å². The SMILES string of the molecule is CC1CCC(C)c2cc(C(C)[P+](c3ccccc3)(c3ccccc3)c3ccccc3)ccc21. The Morgan fingerprint density at radius 2 is 1.00 bits per heavy atom. The van der Waals surface area contributed by atoms with Gasteiger partial charge in [0.25, 0.3) is 0 Å². The lowest BCUT2D eigenvalue weighted by molar-refractivity contribution is 0.526. The van der Waals surface area contributed by atoms with Gasteiger partial charge in [-0.3, -0.25) is 0 Å². The van der Waals surface area contributed by atoms with Gasteiger partial charge in [-0.05, 0) is 84.7 Å². The summed E-state index contributed by atoms with van der Waals surface area (Å²) in [7, 11) is -1.94. The maximum Gasteiger partial charge on any atom is 0.119 e. The normalized spacial score (nSPS) is 19.0. The van der Waals surface area contributed by atoms with Crippen molar-refractivity contribution in [1.82, 2.24) is 0 Å². The molecule has 5 rings (SSSR count). The third-order valence-corrected chi connectivity index (χ3v) is 12.6. The van der Waals surface area contributed by atoms with Gasteiger partial charge < -0.3 is 0 Å². The van der Waals surface area contributed by atoms with E-state index in [1.807, 2.05) is 0 Å². The van der Waals surface area contributed by atoms with Crippen LogP contribution in [0.4, 0.5) is 0 Å². The van der Waals surface area contributed by atoms with Crippen LogP contribution >= 0.6 is 7.26 Å². The Morgan fingerprint density at radius 1 is 0.576 bits per heavy atom. The van der Waals surface area contributed by atoms with Crippen LogP contribution in [0, 0.1) is 0 Å². The summed E-state index contributed by atoms with van der Waals surface area (Å²) >= 11 is 0. The molecule has 0 radical (unpaired) electrons. The van der Waals surface area contributed by atoms with E-state index in [-0.39, 0.29) is 0 Å². The fourth-order valence-electron chi connectivity index (χ4n) is 5.87. The van der Waals surface area contributed by atoms with Gasteiger partial charge in [-0.25, -0.2) is 0 Å². The molecule has 3 atom stereocenters. The Bertz CT molecular complexity index is 1100. The van der Waals surface area contributed by atoms with Gasteiger partial charge in [0.15, 0.2) is 0 Å². The smallest absolute Gasteiger partial charge is 0.0620 e. The minimum Gasteiger partial charge on any atom is -0.0620 e. The number of hydrogen-bond donors (Lipinski definition) is 0. The fraction of sp³-hybridized carbons (Fsp3) is 0.250. The molecule has 0 aromatic heterocycles. The molecular formula is C32H34P+. The summed E-state index contributed by atoms with van der Waals surface area (Å²) < 4.78 is 0. The van der Waals surface area contributed by atoms with Crippen LogP contribution in [-0.4, -0.2) is 0 Å². The Labute approximate surface area is 200 Å². The van der Waals surface area contributed by atoms with E-state index < -0.39 is 7.26 Å². The average Bonchev–Trinajstić information content (AvgIpc) is 2.88. The molecule has 1 heteroatoms. The second kappa shape index (κ2) is 9.28. The predicted molar refractivity (Wildman–Crippen MR) is 146 cm³/mol. The zero-order valence-electron chi connectivity index (χ0n) is 20.0. The highest BCUT2D eigenvalue weighted by molar-refractivity contribution is 7.95. The molecule has 1 aliphatic carbocycles. The van der Waals surface area contributed by atoms with E-state index in [1.165, 1.54) is 34.3 Å². The van der Waals surface area contributed by atoms with Gasteiger partial charge >= 0.3 is 0 Å². The maximum atomic E-state index is 2.56. The number of benzene rings is 4. The van der Waals surface area contributed by atoms with Crippen LogP contribution < -0.4 is 15.9 Å². The fourth-order valence-corrected chi connectivity index (χ4v) is 10.6. The Hall–Kier alpha value is -2.69. The van der Waals surface area contributed by atoms with Gasteiger partial charge in [0.1, 0.15) is 28.8 Å². The van der Waals surface area contributed by atoms with Crippen molar-refractivity contribution in [2.45, 2.75) is 51.1 Å². The van der Waals surface area contributed by atoms with Gasteiger partial charge in [-0.1, -0.05) is 86.6 Å². The molecule has 33 heavy (non-hydrogen) atoms. The van der Waals surface area contributed by atoms with E-state index >= 15 is 0 Å². The summed E-state index contributed by atoms with van der Waals surface area (Å²) in [5, 5.41) is 4.36. The molecule has 0 fully saturated rings. The third kappa shape index (κ3) is 3.85. The Morgan fingerprint density at radius 3 is 1.45 bits per heavy atom. The summed E-state index contributed by atoms with van der Waals surface area (Å²) in [5.74, 6) is 1.30. The van der Waals surface area contributed by atoms with E-state index in [9.17, 15) is 0 Å². The van der Waals surface area contributed by atoms with Crippen molar-refractivity contribution >= 4 is 23.2 Å². The lowest BCUT2D eigenvalue weighted by Gasteiger charge is -2.34. The minimum absolute atomic E-state index is 0.374. The molecule has 0 nitrogen and oxygen atoms in total. The topological polar surface area (TPSA) is 0 Å². The van der Waals surface area contributed by atoms with Crippen LogP contribution in [-0.2, 0) is 0 Å². The van der Waals surface area contributed by atoms with Crippen molar-refractivity contribution in [3.63, 3.8) is 0 Å². The quantitative estimate of drug-likeness (QED) is 0.273. The van der Waals surface area contributed by atoms with Crippen molar-refractivity contribution in [3.8, 4) is 0 Å². The van der Waals surface area contributed by atoms with Crippen molar-refractivity contribution in [2.24, 2.45) is 0 Å². The largest absolute Gasteiger partial charge is 0.119 e. The summed E-state index contributed by atoms with van der Waals surface area (Å²) in [5.41, 5.74) is 4.98. The standard InChI is InChI=1S/C32H34P/c1-24-19-20-25(2)32-23-27(21-22-31(24)32)26(3)33(28-13-7-4-8-14-28,29-15-9-5-10-16-29)30-17-11-6-12-18-30/h4-18,21-26H,19-20H2,1-3H3/q+1. The van der Waals surface area contributed by atoms with E-state index in [0.29, 0.717) is 17.5 Å². The lowest BCUT2D eigenvalue weighted by Crippen LogP contribution is -2.34. The number of rotatable bonds is 5. The second-order valence-corrected chi connectivity index (χ2v) is 13.4. The molecule has 0 bridgehead atoms. The summed E-state index contributed by atoms with van der Waals surface area (Å²) in [6.45, 7) is 7.27. The second-order valence-electron chi connectivity index (χ2n) is 9.67. The summed E-state index contributed by atoms with van der Waals surface area (Å²) in [6.07, 6.45) is 2.60. The molecule has 0 amide bonds. The Balaban J connectivity index is 1.77. The molecule has 4 aromatic carbocycles. The van der Waals surface area contributed by atoms with Crippen LogP contribution in [0.2, 0.25) is 0 Å². The van der Waals surface area contributed by atoms with Gasteiger partial charge in [0.2, 0.25) is 0 Å². The van der Waals surface area contributed by atoms with Crippen LogP contribution in [0.15, 0.2) is 109 Å². The third-order valence-electron chi connectivity index (χ3n) is 7.76. The first-order valence-corrected chi connectivity index (χ1v) is 14.2. The Kier molecular flexibility index (Phi) is 6.22. The van der Waals surface area contributed by atoms with Crippen molar-refractivity contribution in [1.29, 1.82) is 0 Å². The molecule has 0 N–H and O–H groups in total. The zero-order valence-corrected chi connectivity index (χ0v) is 20.9. The van der Waals surface area contributed by atoms with Crippen LogP contribution in [0.5, 0.6) is 0 Å². The molecule has 0 aliphatic heterocycles. The molecular weight excluding hydrogens is 415 g/mol. The monoisotopic (exact) mass is 449 g/mol. The minimum atomic E-state index is -1.94. The van der Waals surface area contributed by atoms with Crippen molar-refractivity contribution in [2.75, 3.05) is 0 Å². The highest BCUT2D eigenvalue weighted by Crippen LogP contribution is 2.66. The van der Waals surface area contributed by atoms with E-state index in [0.717, 1.165) is 0 Å². The van der Waals surface area contributed by atoms with Crippen molar-refractivity contribution in [3.05, 3.63) is 126 Å². The molecule has 166 valence electrons. The highest BCUT2D eigenvalue weighted by atomic mass is 31.2. The number of fused-ring (bicyclic) bond motifs is 1. The average molecular weight is 450 g/mol. The van der Waals surface area contributed by atoms with Gasteiger partial charge in [0.05, 0.1) is 0 Å². The molecule has 0 saturated heterocycles.